The highest BCUT2D eigenvalue weighted by Crippen LogP contribution is 2.41. The van der Waals surface area contributed by atoms with Crippen LogP contribution < -0.4 is 9.47 Å². The van der Waals surface area contributed by atoms with E-state index in [1.54, 1.807) is 20.3 Å². The number of hydrogen-bond acceptors (Lipinski definition) is 4. The normalized spacial score (nSPS) is 11.3. The predicted octanol–water partition coefficient (Wildman–Crippen LogP) is 4.26. The van der Waals surface area contributed by atoms with Gasteiger partial charge in [-0.2, -0.15) is 0 Å². The molecule has 2 N–H and O–H groups in total. The summed E-state index contributed by atoms with van der Waals surface area (Å²) in [5.74, 6) is 1.67. The molecule has 4 heteroatoms. The van der Waals surface area contributed by atoms with Crippen molar-refractivity contribution in [2.75, 3.05) is 14.2 Å². The van der Waals surface area contributed by atoms with Crippen molar-refractivity contribution in [3.05, 3.63) is 89.0 Å². The Balaban J connectivity index is 2.21. The molecule has 0 saturated carbocycles. The predicted molar refractivity (Wildman–Crippen MR) is 106 cm³/mol. The van der Waals surface area contributed by atoms with E-state index in [2.05, 4.69) is 6.92 Å². The maximum absolute atomic E-state index is 9.99. The minimum Gasteiger partial charge on any atom is -0.508 e. The largest absolute Gasteiger partial charge is 0.508 e. The van der Waals surface area contributed by atoms with Crippen LogP contribution in [0, 0.1) is 0 Å². The molecule has 3 aromatic rings. The van der Waals surface area contributed by atoms with Crippen LogP contribution >= 0.6 is 0 Å². The molecule has 0 amide bonds. The van der Waals surface area contributed by atoms with Crippen LogP contribution in [0.1, 0.15) is 29.2 Å². The highest BCUT2D eigenvalue weighted by atomic mass is 16.5. The number of hydrogen-bond donors (Lipinski definition) is 2. The van der Waals surface area contributed by atoms with E-state index in [-0.39, 0.29) is 12.4 Å². The average Bonchev–Trinajstić information content (AvgIpc) is 2.73. The second kappa shape index (κ2) is 7.72. The SMILES string of the molecule is COc1ccc(C(C)(c2ccc(OC)cc2)c2ccc(O)c(CO)c2)cc1. The smallest absolute Gasteiger partial charge is 0.121 e. The molecule has 0 fully saturated rings. The van der Waals surface area contributed by atoms with Crippen LogP contribution in [0.4, 0.5) is 0 Å². The summed E-state index contributed by atoms with van der Waals surface area (Å²) in [6.07, 6.45) is 0. The van der Waals surface area contributed by atoms with Gasteiger partial charge in [0.15, 0.2) is 0 Å². The van der Waals surface area contributed by atoms with Crippen molar-refractivity contribution >= 4 is 0 Å². The summed E-state index contributed by atoms with van der Waals surface area (Å²) in [5, 5.41) is 19.6. The third-order valence-electron chi connectivity index (χ3n) is 5.16. The minimum atomic E-state index is -0.490. The molecule has 0 unspecified atom stereocenters. The molecule has 0 aliphatic heterocycles. The quantitative estimate of drug-likeness (QED) is 0.642. The monoisotopic (exact) mass is 364 g/mol. The molecule has 0 aliphatic carbocycles. The van der Waals surface area contributed by atoms with E-state index in [0.717, 1.165) is 28.2 Å². The van der Waals surface area contributed by atoms with Crippen molar-refractivity contribution in [2.45, 2.75) is 18.9 Å². The Labute approximate surface area is 159 Å². The number of aliphatic hydroxyl groups excluding tert-OH is 1. The van der Waals surface area contributed by atoms with Gasteiger partial charge in [0.1, 0.15) is 17.2 Å². The highest BCUT2D eigenvalue weighted by Gasteiger charge is 2.32. The summed E-state index contributed by atoms with van der Waals surface area (Å²) in [7, 11) is 3.29. The lowest BCUT2D eigenvalue weighted by atomic mass is 9.70. The molecule has 0 spiro atoms. The third-order valence-corrected chi connectivity index (χ3v) is 5.16. The molecule has 3 rings (SSSR count). The van der Waals surface area contributed by atoms with Crippen molar-refractivity contribution in [1.29, 1.82) is 0 Å². The molecule has 0 heterocycles. The maximum atomic E-state index is 9.99. The number of rotatable bonds is 6. The molecule has 3 aromatic carbocycles. The number of ether oxygens (including phenoxy) is 2. The first-order valence-electron chi connectivity index (χ1n) is 8.75. The second-order valence-electron chi connectivity index (χ2n) is 6.58. The van der Waals surface area contributed by atoms with Crippen molar-refractivity contribution in [2.24, 2.45) is 0 Å². The molecule has 0 atom stereocenters. The lowest BCUT2D eigenvalue weighted by Crippen LogP contribution is -2.25. The second-order valence-corrected chi connectivity index (χ2v) is 6.58. The van der Waals surface area contributed by atoms with Crippen molar-refractivity contribution < 1.29 is 19.7 Å². The molecule has 0 bridgehead atoms. The van der Waals surface area contributed by atoms with Gasteiger partial charge in [-0.15, -0.1) is 0 Å². The van der Waals surface area contributed by atoms with Gasteiger partial charge in [-0.25, -0.2) is 0 Å². The van der Waals surface area contributed by atoms with Crippen LogP contribution in [0.15, 0.2) is 66.7 Å². The van der Waals surface area contributed by atoms with Crippen molar-refractivity contribution in [3.8, 4) is 17.2 Å². The number of aliphatic hydroxyl groups is 1. The van der Waals surface area contributed by atoms with Crippen LogP contribution in [0.5, 0.6) is 17.2 Å². The van der Waals surface area contributed by atoms with Gasteiger partial charge in [-0.3, -0.25) is 0 Å². The van der Waals surface area contributed by atoms with Crippen molar-refractivity contribution in [1.82, 2.24) is 0 Å². The number of phenols is 1. The Bertz CT molecular complexity index is 851. The van der Waals surface area contributed by atoms with Gasteiger partial charge in [0.05, 0.1) is 20.8 Å². The maximum Gasteiger partial charge on any atom is 0.121 e. The van der Waals surface area contributed by atoms with Crippen LogP contribution in [0.3, 0.4) is 0 Å². The van der Waals surface area contributed by atoms with Gasteiger partial charge in [0.25, 0.3) is 0 Å². The first-order valence-corrected chi connectivity index (χ1v) is 8.75. The number of aromatic hydroxyl groups is 1. The zero-order valence-corrected chi connectivity index (χ0v) is 15.8. The Morgan fingerprint density at radius 1 is 0.741 bits per heavy atom. The first kappa shape index (κ1) is 18.8. The van der Waals surface area contributed by atoms with Crippen molar-refractivity contribution in [3.63, 3.8) is 0 Å². The van der Waals surface area contributed by atoms with Gasteiger partial charge in [-0.05, 0) is 60.0 Å². The first-order chi connectivity index (χ1) is 13.0. The summed E-state index contributed by atoms with van der Waals surface area (Å²) in [6, 6.07) is 21.3. The van der Waals surface area contributed by atoms with Gasteiger partial charge in [0.2, 0.25) is 0 Å². The minimum absolute atomic E-state index is 0.0908. The van der Waals surface area contributed by atoms with Crippen LogP contribution in [-0.4, -0.2) is 24.4 Å². The fraction of sp³-hybridized carbons (Fsp3) is 0.217. The van der Waals surface area contributed by atoms with E-state index in [4.69, 9.17) is 9.47 Å². The van der Waals surface area contributed by atoms with E-state index >= 15 is 0 Å². The van der Waals surface area contributed by atoms with Gasteiger partial charge < -0.3 is 19.7 Å². The topological polar surface area (TPSA) is 58.9 Å². The summed E-state index contributed by atoms with van der Waals surface area (Å²) < 4.78 is 10.6. The summed E-state index contributed by atoms with van der Waals surface area (Å²) in [4.78, 5) is 0. The molecule has 0 radical (unpaired) electrons. The molecule has 140 valence electrons. The molecule has 0 aliphatic rings. The fourth-order valence-electron chi connectivity index (χ4n) is 3.37. The van der Waals surface area contributed by atoms with Gasteiger partial charge in [-0.1, -0.05) is 30.3 Å². The summed E-state index contributed by atoms with van der Waals surface area (Å²) >= 11 is 0. The summed E-state index contributed by atoms with van der Waals surface area (Å²) in [5.41, 5.74) is 3.13. The van der Waals surface area contributed by atoms with Crippen LogP contribution in [0.2, 0.25) is 0 Å². The molecule has 0 aromatic heterocycles. The Morgan fingerprint density at radius 3 is 1.59 bits per heavy atom. The van der Waals surface area contributed by atoms with Gasteiger partial charge >= 0.3 is 0 Å². The van der Waals surface area contributed by atoms with Crippen LogP contribution in [0.25, 0.3) is 0 Å². The molecular weight excluding hydrogens is 340 g/mol. The zero-order valence-electron chi connectivity index (χ0n) is 15.8. The molecule has 0 saturated heterocycles. The van der Waals surface area contributed by atoms with E-state index in [1.165, 1.54) is 0 Å². The van der Waals surface area contributed by atoms with Gasteiger partial charge in [0, 0.05) is 11.0 Å². The highest BCUT2D eigenvalue weighted by molar-refractivity contribution is 5.53. The molecule has 27 heavy (non-hydrogen) atoms. The van der Waals surface area contributed by atoms with E-state index in [1.807, 2.05) is 60.7 Å². The zero-order chi connectivity index (χ0) is 19.4. The summed E-state index contributed by atoms with van der Waals surface area (Å²) in [6.45, 7) is 1.91. The number of methoxy groups -OCH3 is 2. The average molecular weight is 364 g/mol. The van der Waals surface area contributed by atoms with Crippen LogP contribution in [-0.2, 0) is 12.0 Å². The Morgan fingerprint density at radius 2 is 1.19 bits per heavy atom. The fourth-order valence-corrected chi connectivity index (χ4v) is 3.37. The van der Waals surface area contributed by atoms with E-state index < -0.39 is 5.41 Å². The Kier molecular flexibility index (Phi) is 5.38. The molecule has 4 nitrogen and oxygen atoms in total. The van der Waals surface area contributed by atoms with E-state index in [0.29, 0.717) is 5.56 Å². The molecular formula is C23H24O4. The Hall–Kier alpha value is -2.98. The standard InChI is InChI=1S/C23H24O4/c1-23(17-4-9-20(26-2)10-5-17,18-6-11-21(27-3)12-7-18)19-8-13-22(25)16(14-19)15-24/h4-14,24-25H,15H2,1-3H3. The number of benzene rings is 3. The van der Waals surface area contributed by atoms with E-state index in [9.17, 15) is 10.2 Å². The third kappa shape index (κ3) is 3.49. The lowest BCUT2D eigenvalue weighted by molar-refractivity contribution is 0.275. The lowest BCUT2D eigenvalue weighted by Gasteiger charge is -2.32.